The predicted molar refractivity (Wildman–Crippen MR) is 149 cm³/mol. The molecule has 0 aliphatic heterocycles. The number of rotatable bonds is 12. The van der Waals surface area contributed by atoms with E-state index in [2.05, 4.69) is 5.32 Å². The number of amides is 2. The fourth-order valence-electron chi connectivity index (χ4n) is 4.76. The number of benzene rings is 2. The van der Waals surface area contributed by atoms with Gasteiger partial charge in [0, 0.05) is 25.6 Å². The second kappa shape index (κ2) is 13.6. The molecule has 0 heterocycles. The van der Waals surface area contributed by atoms with E-state index in [0.29, 0.717) is 22.0 Å². The third-order valence-corrected chi connectivity index (χ3v) is 8.62. The lowest BCUT2D eigenvalue weighted by molar-refractivity contribution is -0.141. The van der Waals surface area contributed by atoms with Gasteiger partial charge in [0.15, 0.2) is 0 Å². The van der Waals surface area contributed by atoms with E-state index in [1.807, 2.05) is 6.92 Å². The molecule has 0 unspecified atom stereocenters. The van der Waals surface area contributed by atoms with Crippen LogP contribution in [0.4, 0.5) is 10.1 Å². The first-order chi connectivity index (χ1) is 18.0. The quantitative estimate of drug-likeness (QED) is 0.354. The highest BCUT2D eigenvalue weighted by atomic mass is 35.5. The summed E-state index contributed by atoms with van der Waals surface area (Å²) >= 11 is 12.2. The first-order valence-corrected chi connectivity index (χ1v) is 15.4. The normalized spacial score (nSPS) is 14.8. The summed E-state index contributed by atoms with van der Waals surface area (Å²) in [6.45, 7) is 1.89. The van der Waals surface area contributed by atoms with Gasteiger partial charge in [-0.2, -0.15) is 0 Å². The minimum atomic E-state index is -3.79. The largest absolute Gasteiger partial charge is 0.352 e. The van der Waals surface area contributed by atoms with Crippen LogP contribution in [-0.2, 0) is 26.2 Å². The van der Waals surface area contributed by atoms with E-state index in [-0.39, 0.29) is 49.5 Å². The van der Waals surface area contributed by atoms with E-state index in [1.54, 1.807) is 24.3 Å². The molecule has 1 saturated carbocycles. The van der Waals surface area contributed by atoms with Crippen LogP contribution in [0.25, 0.3) is 0 Å². The fraction of sp³-hybridized carbons (Fsp3) is 0.481. The number of nitrogens with zero attached hydrogens (tertiary/aromatic N) is 2. The molecule has 2 aromatic carbocycles. The fourth-order valence-corrected chi connectivity index (χ4v) is 6.04. The third-order valence-electron chi connectivity index (χ3n) is 6.70. The van der Waals surface area contributed by atoms with Gasteiger partial charge in [-0.05, 0) is 55.5 Å². The van der Waals surface area contributed by atoms with E-state index in [9.17, 15) is 22.4 Å². The van der Waals surface area contributed by atoms with Crippen molar-refractivity contribution >= 4 is 50.7 Å². The van der Waals surface area contributed by atoms with Crippen molar-refractivity contribution in [2.75, 3.05) is 17.1 Å². The molecular formula is C27H34Cl2FN3O4S. The smallest absolute Gasteiger partial charge is 0.243 e. The number of sulfonamides is 1. The number of halogens is 3. The Kier molecular flexibility index (Phi) is 10.8. The van der Waals surface area contributed by atoms with Crippen molar-refractivity contribution in [2.24, 2.45) is 0 Å². The summed E-state index contributed by atoms with van der Waals surface area (Å²) in [7, 11) is -3.79. The number of anilines is 1. The molecular weight excluding hydrogens is 552 g/mol. The predicted octanol–water partition coefficient (Wildman–Crippen LogP) is 5.54. The Morgan fingerprint density at radius 2 is 1.79 bits per heavy atom. The lowest BCUT2D eigenvalue weighted by Crippen LogP contribution is -2.51. The van der Waals surface area contributed by atoms with Gasteiger partial charge in [-0.1, -0.05) is 61.2 Å². The van der Waals surface area contributed by atoms with Crippen LogP contribution in [-0.4, -0.2) is 50.0 Å². The average Bonchev–Trinajstić information content (AvgIpc) is 3.36. The Labute approximate surface area is 234 Å². The monoisotopic (exact) mass is 585 g/mol. The number of hydrogen-bond acceptors (Lipinski definition) is 4. The van der Waals surface area contributed by atoms with Gasteiger partial charge in [0.25, 0.3) is 0 Å². The lowest BCUT2D eigenvalue weighted by Gasteiger charge is -2.32. The van der Waals surface area contributed by atoms with Crippen molar-refractivity contribution in [1.29, 1.82) is 0 Å². The van der Waals surface area contributed by atoms with Crippen LogP contribution in [0.15, 0.2) is 42.5 Å². The molecule has 0 bridgehead atoms. The molecule has 7 nitrogen and oxygen atoms in total. The topological polar surface area (TPSA) is 86.8 Å². The van der Waals surface area contributed by atoms with Crippen LogP contribution in [0.1, 0.15) is 57.4 Å². The summed E-state index contributed by atoms with van der Waals surface area (Å²) in [5.74, 6) is -1.19. The van der Waals surface area contributed by atoms with Gasteiger partial charge in [-0.25, -0.2) is 12.8 Å². The van der Waals surface area contributed by atoms with E-state index in [4.69, 9.17) is 23.2 Å². The zero-order valence-electron chi connectivity index (χ0n) is 21.6. The van der Waals surface area contributed by atoms with Gasteiger partial charge in [-0.15, -0.1) is 0 Å². The van der Waals surface area contributed by atoms with Crippen molar-refractivity contribution in [2.45, 2.75) is 70.5 Å². The summed E-state index contributed by atoms with van der Waals surface area (Å²) in [6.07, 6.45) is 5.46. The molecule has 11 heteroatoms. The van der Waals surface area contributed by atoms with Gasteiger partial charge >= 0.3 is 0 Å². The molecule has 1 aliphatic carbocycles. The molecule has 38 heavy (non-hydrogen) atoms. The summed E-state index contributed by atoms with van der Waals surface area (Å²) in [4.78, 5) is 28.3. The van der Waals surface area contributed by atoms with Gasteiger partial charge in [0.1, 0.15) is 11.9 Å². The van der Waals surface area contributed by atoms with Gasteiger partial charge in [0.2, 0.25) is 21.8 Å². The van der Waals surface area contributed by atoms with E-state index in [0.717, 1.165) is 36.2 Å². The minimum Gasteiger partial charge on any atom is -0.352 e. The van der Waals surface area contributed by atoms with Crippen molar-refractivity contribution in [3.05, 3.63) is 63.9 Å². The number of nitrogens with one attached hydrogen (secondary N) is 1. The number of carbonyl (C=O) groups is 2. The Bertz CT molecular complexity index is 1240. The molecule has 1 aliphatic rings. The van der Waals surface area contributed by atoms with Gasteiger partial charge < -0.3 is 10.2 Å². The minimum absolute atomic E-state index is 0.0327. The molecule has 208 valence electrons. The standard InChI is InChI=1S/C27H34Cl2FN3O4S/c1-3-24(27(35)31-20-9-4-5-10-20)32(18-19-14-15-21(28)22(29)17-19)26(34)13-8-16-33(38(2,36)37)25-12-7-6-11-23(25)30/h6-7,11-12,14-15,17,20,24H,3-5,8-10,13,16,18H2,1-2H3,(H,31,35)/t24-/m0/s1. The van der Waals surface area contributed by atoms with Crippen LogP contribution >= 0.6 is 23.2 Å². The number of hydrogen-bond donors (Lipinski definition) is 1. The first kappa shape index (κ1) is 30.2. The van der Waals surface area contributed by atoms with E-state index >= 15 is 0 Å². The molecule has 0 spiro atoms. The van der Waals surface area contributed by atoms with Crippen LogP contribution in [0.2, 0.25) is 10.0 Å². The maximum absolute atomic E-state index is 14.3. The number of carbonyl (C=O) groups excluding carboxylic acids is 2. The highest BCUT2D eigenvalue weighted by Gasteiger charge is 2.31. The maximum Gasteiger partial charge on any atom is 0.243 e. The summed E-state index contributed by atoms with van der Waals surface area (Å²) in [5.41, 5.74) is 0.640. The summed E-state index contributed by atoms with van der Waals surface area (Å²) < 4.78 is 40.1. The molecule has 2 amide bonds. The molecule has 0 saturated heterocycles. The summed E-state index contributed by atoms with van der Waals surface area (Å²) in [6, 6.07) is 10.0. The Balaban J connectivity index is 1.78. The second-order valence-corrected chi connectivity index (χ2v) is 12.3. The second-order valence-electron chi connectivity index (χ2n) is 9.57. The Morgan fingerprint density at radius 3 is 2.39 bits per heavy atom. The molecule has 1 fully saturated rings. The van der Waals surface area contributed by atoms with Crippen LogP contribution in [0, 0.1) is 5.82 Å². The highest BCUT2D eigenvalue weighted by Crippen LogP contribution is 2.26. The van der Waals surface area contributed by atoms with E-state index < -0.39 is 21.9 Å². The van der Waals surface area contributed by atoms with Crippen molar-refractivity contribution in [1.82, 2.24) is 10.2 Å². The zero-order valence-corrected chi connectivity index (χ0v) is 24.0. The van der Waals surface area contributed by atoms with E-state index in [1.165, 1.54) is 23.1 Å². The lowest BCUT2D eigenvalue weighted by atomic mass is 10.1. The zero-order chi connectivity index (χ0) is 27.9. The molecule has 3 rings (SSSR count). The van der Waals surface area contributed by atoms with Crippen molar-refractivity contribution in [3.63, 3.8) is 0 Å². The molecule has 1 atom stereocenters. The molecule has 0 radical (unpaired) electrons. The van der Waals surface area contributed by atoms with Crippen molar-refractivity contribution < 1.29 is 22.4 Å². The first-order valence-electron chi connectivity index (χ1n) is 12.8. The third kappa shape index (κ3) is 8.07. The van der Waals surface area contributed by atoms with Gasteiger partial charge in [-0.3, -0.25) is 13.9 Å². The summed E-state index contributed by atoms with van der Waals surface area (Å²) in [5, 5.41) is 3.81. The molecule has 0 aromatic heterocycles. The molecule has 2 aromatic rings. The SMILES string of the molecule is CC[C@@H](C(=O)NC1CCCC1)N(Cc1ccc(Cl)c(Cl)c1)C(=O)CCCN(c1ccccc1F)S(C)(=O)=O. The van der Waals surface area contributed by atoms with Crippen LogP contribution in [0.3, 0.4) is 0 Å². The van der Waals surface area contributed by atoms with Crippen LogP contribution < -0.4 is 9.62 Å². The van der Waals surface area contributed by atoms with Gasteiger partial charge in [0.05, 0.1) is 22.0 Å². The molecule has 1 N–H and O–H groups in total. The number of para-hydroxylation sites is 1. The Hall–Kier alpha value is -2.36. The highest BCUT2D eigenvalue weighted by molar-refractivity contribution is 7.92. The Morgan fingerprint density at radius 1 is 1.11 bits per heavy atom. The van der Waals surface area contributed by atoms with Crippen molar-refractivity contribution in [3.8, 4) is 0 Å². The average molecular weight is 587 g/mol. The maximum atomic E-state index is 14.3. The van der Waals surface area contributed by atoms with Crippen LogP contribution in [0.5, 0.6) is 0 Å².